The van der Waals surface area contributed by atoms with Crippen LogP contribution in [0.15, 0.2) is 140 Å². The lowest BCUT2D eigenvalue weighted by molar-refractivity contribution is -0.498. The number of imidazole rings is 1. The van der Waals surface area contributed by atoms with E-state index >= 15 is 0 Å². The van der Waals surface area contributed by atoms with E-state index in [2.05, 4.69) is 154 Å². The van der Waals surface area contributed by atoms with Crippen LogP contribution in [0.4, 0.5) is 17.1 Å². The summed E-state index contributed by atoms with van der Waals surface area (Å²) in [5.74, 6) is 6.89. The van der Waals surface area contributed by atoms with Gasteiger partial charge in [0.15, 0.2) is 5.69 Å². The zero-order valence-electron chi connectivity index (χ0n) is 20.6. The lowest BCUT2D eigenvalue weighted by atomic mass is 10.1. The summed E-state index contributed by atoms with van der Waals surface area (Å²) in [6.45, 7) is 0. The van der Waals surface area contributed by atoms with Crippen molar-refractivity contribution in [3.05, 3.63) is 151 Å². The molecule has 0 N–H and O–H groups in total. The van der Waals surface area contributed by atoms with Crippen LogP contribution in [0.5, 0.6) is 0 Å². The van der Waals surface area contributed by atoms with Crippen LogP contribution in [0.1, 0.15) is 11.3 Å². The Hall–Kier alpha value is -5.07. The topological polar surface area (TPSA) is 12.3 Å². The van der Waals surface area contributed by atoms with Crippen LogP contribution in [0.2, 0.25) is 0 Å². The second-order valence-corrected chi connectivity index (χ2v) is 8.85. The maximum Gasteiger partial charge on any atom is 0.287 e. The van der Waals surface area contributed by atoms with E-state index in [0.29, 0.717) is 0 Å². The lowest BCUT2D eigenvalue weighted by Gasteiger charge is -2.25. The molecule has 0 aliphatic heterocycles. The number of aromatic nitrogens is 2. The highest BCUT2D eigenvalue weighted by atomic mass is 15.1. The van der Waals surface area contributed by atoms with Gasteiger partial charge in [0, 0.05) is 34.3 Å². The van der Waals surface area contributed by atoms with Crippen molar-refractivity contribution in [2.24, 2.45) is 7.05 Å². The molecule has 0 spiro atoms. The molecule has 2 heterocycles. The Balaban J connectivity index is 1.40. The summed E-state index contributed by atoms with van der Waals surface area (Å²) in [6.07, 6.45) is 2.10. The highest BCUT2D eigenvalue weighted by Gasteiger charge is 2.23. The minimum absolute atomic E-state index is 0.971. The van der Waals surface area contributed by atoms with Gasteiger partial charge in [0.1, 0.15) is 0 Å². The van der Waals surface area contributed by atoms with Gasteiger partial charge in [-0.05, 0) is 60.5 Å². The summed E-state index contributed by atoms with van der Waals surface area (Å²) in [6, 6.07) is 46.0. The van der Waals surface area contributed by atoms with Crippen LogP contribution >= 0.6 is 0 Å². The molecule has 0 aliphatic carbocycles. The van der Waals surface area contributed by atoms with Crippen LogP contribution in [-0.4, -0.2) is 4.57 Å². The SMILES string of the molecule is Cn1c(C#Cc2ccc(N(c3ccccc3)c3ccccc3)cc2)c(-c2ccccc2)[n+]2ccccc12. The van der Waals surface area contributed by atoms with Gasteiger partial charge in [-0.3, -0.25) is 0 Å². The third-order valence-corrected chi connectivity index (χ3v) is 6.51. The minimum atomic E-state index is 0.971. The lowest BCUT2D eigenvalue weighted by Crippen LogP contribution is -2.21. The predicted octanol–water partition coefficient (Wildman–Crippen LogP) is 7.30. The summed E-state index contributed by atoms with van der Waals surface area (Å²) >= 11 is 0. The number of aryl methyl sites for hydroxylation is 1. The molecule has 3 nitrogen and oxygen atoms in total. The van der Waals surface area contributed by atoms with Gasteiger partial charge in [0.2, 0.25) is 5.69 Å². The predicted molar refractivity (Wildman–Crippen MR) is 151 cm³/mol. The highest BCUT2D eigenvalue weighted by Crippen LogP contribution is 2.34. The molecular formula is C34H26N3+. The van der Waals surface area contributed by atoms with E-state index in [4.69, 9.17) is 0 Å². The maximum absolute atomic E-state index is 3.48. The number of rotatable bonds is 4. The first-order valence-electron chi connectivity index (χ1n) is 12.4. The Bertz CT molecular complexity index is 1670. The molecule has 0 saturated carbocycles. The second-order valence-electron chi connectivity index (χ2n) is 8.85. The minimum Gasteiger partial charge on any atom is -0.311 e. The summed E-state index contributed by atoms with van der Waals surface area (Å²) in [7, 11) is 2.08. The molecule has 0 unspecified atom stereocenters. The summed E-state index contributed by atoms with van der Waals surface area (Å²) in [4.78, 5) is 2.26. The Labute approximate surface area is 217 Å². The molecule has 0 saturated heterocycles. The Morgan fingerprint density at radius 2 is 1.11 bits per heavy atom. The molecule has 3 heteroatoms. The van der Waals surface area contributed by atoms with Crippen molar-refractivity contribution in [1.82, 2.24) is 4.57 Å². The summed E-state index contributed by atoms with van der Waals surface area (Å²) in [5, 5.41) is 0. The molecule has 0 radical (unpaired) electrons. The van der Waals surface area contributed by atoms with Crippen molar-refractivity contribution >= 4 is 22.7 Å². The van der Waals surface area contributed by atoms with Gasteiger partial charge in [-0.1, -0.05) is 78.7 Å². The van der Waals surface area contributed by atoms with Gasteiger partial charge >= 0.3 is 0 Å². The molecule has 2 aromatic heterocycles. The maximum atomic E-state index is 3.48. The molecule has 6 aromatic rings. The molecule has 0 amide bonds. The summed E-state index contributed by atoms with van der Waals surface area (Å²) < 4.78 is 4.37. The monoisotopic (exact) mass is 476 g/mol. The number of benzene rings is 4. The third kappa shape index (κ3) is 4.37. The number of para-hydroxylation sites is 2. The van der Waals surface area contributed by atoms with Crippen molar-refractivity contribution in [3.8, 4) is 23.1 Å². The zero-order valence-corrected chi connectivity index (χ0v) is 20.6. The quantitative estimate of drug-likeness (QED) is 0.192. The van der Waals surface area contributed by atoms with E-state index in [1.54, 1.807) is 0 Å². The van der Waals surface area contributed by atoms with Crippen LogP contribution in [0.25, 0.3) is 16.9 Å². The molecule has 37 heavy (non-hydrogen) atoms. The van der Waals surface area contributed by atoms with Crippen molar-refractivity contribution < 1.29 is 4.40 Å². The number of hydrogen-bond acceptors (Lipinski definition) is 1. The van der Waals surface area contributed by atoms with Crippen molar-refractivity contribution in [1.29, 1.82) is 0 Å². The van der Waals surface area contributed by atoms with Gasteiger partial charge in [0.25, 0.3) is 5.65 Å². The van der Waals surface area contributed by atoms with Crippen molar-refractivity contribution in [2.75, 3.05) is 4.90 Å². The molecule has 176 valence electrons. The number of nitrogens with zero attached hydrogens (tertiary/aromatic N) is 3. The molecule has 6 rings (SSSR count). The van der Waals surface area contributed by atoms with Crippen LogP contribution in [0.3, 0.4) is 0 Å². The first-order chi connectivity index (χ1) is 18.3. The Morgan fingerprint density at radius 1 is 0.568 bits per heavy atom. The second kappa shape index (κ2) is 9.89. The van der Waals surface area contributed by atoms with E-state index in [1.807, 2.05) is 18.2 Å². The molecule has 0 atom stereocenters. The molecular weight excluding hydrogens is 450 g/mol. The standard InChI is InChI=1S/C34H26N3/c1-35-32(34(28-13-5-2-6-14-28)36-26-12-11-19-33(35)36)25-22-27-20-23-31(24-21-27)37(29-15-7-3-8-16-29)30-17-9-4-10-18-30/h2-21,23-24,26H,1H3/q+1. The normalized spacial score (nSPS) is 10.6. The molecule has 4 aromatic carbocycles. The fourth-order valence-electron chi connectivity index (χ4n) is 4.73. The van der Waals surface area contributed by atoms with Crippen LogP contribution in [0, 0.1) is 11.8 Å². The van der Waals surface area contributed by atoms with Crippen LogP contribution < -0.4 is 9.30 Å². The van der Waals surface area contributed by atoms with E-state index in [9.17, 15) is 0 Å². The Kier molecular flexibility index (Phi) is 5.99. The number of anilines is 3. The average molecular weight is 477 g/mol. The van der Waals surface area contributed by atoms with Gasteiger partial charge < -0.3 is 4.90 Å². The fraction of sp³-hybridized carbons (Fsp3) is 0.0294. The van der Waals surface area contributed by atoms with Gasteiger partial charge in [-0.25, -0.2) is 4.57 Å². The summed E-state index contributed by atoms with van der Waals surface area (Å²) in [5.41, 5.74) is 8.62. The van der Waals surface area contributed by atoms with E-state index < -0.39 is 0 Å². The van der Waals surface area contributed by atoms with Crippen LogP contribution in [-0.2, 0) is 7.05 Å². The number of hydrogen-bond donors (Lipinski definition) is 0. The first-order valence-corrected chi connectivity index (χ1v) is 12.4. The van der Waals surface area contributed by atoms with Gasteiger partial charge in [-0.2, -0.15) is 4.40 Å². The van der Waals surface area contributed by atoms with Gasteiger partial charge in [0.05, 0.1) is 13.2 Å². The van der Waals surface area contributed by atoms with Crippen molar-refractivity contribution in [3.63, 3.8) is 0 Å². The largest absolute Gasteiger partial charge is 0.311 e. The van der Waals surface area contributed by atoms with Gasteiger partial charge in [-0.15, -0.1) is 0 Å². The number of pyridine rings is 1. The van der Waals surface area contributed by atoms with E-state index in [-0.39, 0.29) is 0 Å². The zero-order chi connectivity index (χ0) is 25.0. The average Bonchev–Trinajstić information content (AvgIpc) is 3.26. The smallest absolute Gasteiger partial charge is 0.287 e. The molecule has 0 fully saturated rings. The van der Waals surface area contributed by atoms with E-state index in [1.165, 1.54) is 0 Å². The fourth-order valence-corrected chi connectivity index (χ4v) is 4.73. The first kappa shape index (κ1) is 22.4. The highest BCUT2D eigenvalue weighted by molar-refractivity contribution is 5.76. The molecule has 0 bridgehead atoms. The molecule has 0 aliphatic rings. The third-order valence-electron chi connectivity index (χ3n) is 6.51. The number of fused-ring (bicyclic) bond motifs is 1. The van der Waals surface area contributed by atoms with Crippen molar-refractivity contribution in [2.45, 2.75) is 0 Å². The van der Waals surface area contributed by atoms with E-state index in [0.717, 1.165) is 45.2 Å². The Morgan fingerprint density at radius 3 is 1.73 bits per heavy atom.